The lowest BCUT2D eigenvalue weighted by Crippen LogP contribution is -2.27. The first-order valence-corrected chi connectivity index (χ1v) is 10.8. The van der Waals surface area contributed by atoms with E-state index in [1.54, 1.807) is 18.1 Å². The standard InChI is InChI=1S/C24H22N2O4S/c1-15-14-31-24(25-15)26(17-7-5-4-6-8-17)22(27)12-11-20-16(2)19-10-9-18(29-3)13-21(19)30-23(20)28/h4-10,13-14H,11-12H2,1-3H3. The first-order valence-electron chi connectivity index (χ1n) is 9.88. The molecule has 2 aromatic carbocycles. The molecule has 158 valence electrons. The molecule has 0 unspecified atom stereocenters. The number of carbonyl (C=O) groups excluding carboxylic acids is 1. The molecule has 0 aliphatic carbocycles. The Labute approximate surface area is 183 Å². The van der Waals surface area contributed by atoms with Crippen molar-refractivity contribution in [1.29, 1.82) is 0 Å². The zero-order valence-electron chi connectivity index (χ0n) is 17.5. The van der Waals surface area contributed by atoms with Crippen molar-refractivity contribution in [3.8, 4) is 5.75 Å². The second-order valence-corrected chi connectivity index (χ2v) is 8.03. The Hall–Kier alpha value is -3.45. The summed E-state index contributed by atoms with van der Waals surface area (Å²) in [4.78, 5) is 32.0. The van der Waals surface area contributed by atoms with Gasteiger partial charge in [0.25, 0.3) is 0 Å². The van der Waals surface area contributed by atoms with Gasteiger partial charge in [0.1, 0.15) is 11.3 Å². The Morgan fingerprint density at radius 2 is 1.94 bits per heavy atom. The molecule has 2 heterocycles. The van der Waals surface area contributed by atoms with Crippen LogP contribution in [0.25, 0.3) is 11.0 Å². The molecule has 7 heteroatoms. The van der Waals surface area contributed by atoms with E-state index in [2.05, 4.69) is 4.98 Å². The zero-order valence-corrected chi connectivity index (χ0v) is 18.4. The number of aromatic nitrogens is 1. The lowest BCUT2D eigenvalue weighted by molar-refractivity contribution is -0.117. The zero-order chi connectivity index (χ0) is 22.0. The first kappa shape index (κ1) is 20.8. The molecule has 1 amide bonds. The lowest BCUT2D eigenvalue weighted by Gasteiger charge is -2.20. The van der Waals surface area contributed by atoms with Crippen LogP contribution in [0.15, 0.2) is 63.1 Å². The highest BCUT2D eigenvalue weighted by Gasteiger charge is 2.22. The first-order chi connectivity index (χ1) is 15.0. The number of nitrogens with zero attached hydrogens (tertiary/aromatic N) is 2. The molecule has 0 saturated heterocycles. The van der Waals surface area contributed by atoms with Gasteiger partial charge in [0.2, 0.25) is 5.91 Å². The number of carbonyl (C=O) groups is 1. The van der Waals surface area contributed by atoms with Gasteiger partial charge in [-0.15, -0.1) is 11.3 Å². The van der Waals surface area contributed by atoms with Crippen molar-refractivity contribution in [1.82, 2.24) is 4.98 Å². The summed E-state index contributed by atoms with van der Waals surface area (Å²) in [5.41, 5.74) is 2.97. The molecule has 4 aromatic rings. The Bertz CT molecular complexity index is 1290. The summed E-state index contributed by atoms with van der Waals surface area (Å²) in [6.45, 7) is 3.77. The smallest absolute Gasteiger partial charge is 0.339 e. The van der Waals surface area contributed by atoms with E-state index in [1.807, 2.05) is 61.7 Å². The monoisotopic (exact) mass is 434 g/mol. The van der Waals surface area contributed by atoms with Gasteiger partial charge in [0.15, 0.2) is 5.13 Å². The molecule has 2 aromatic heterocycles. The number of rotatable bonds is 6. The number of hydrogen-bond donors (Lipinski definition) is 0. The molecule has 0 N–H and O–H groups in total. The molecule has 0 fully saturated rings. The molecule has 6 nitrogen and oxygen atoms in total. The number of hydrogen-bond acceptors (Lipinski definition) is 6. The molecule has 4 rings (SSSR count). The van der Waals surface area contributed by atoms with Crippen molar-refractivity contribution in [3.05, 3.63) is 81.2 Å². The van der Waals surface area contributed by atoms with Crippen LogP contribution in [0, 0.1) is 13.8 Å². The summed E-state index contributed by atoms with van der Waals surface area (Å²) in [6, 6.07) is 14.8. The fraction of sp³-hybridized carbons (Fsp3) is 0.208. The number of anilines is 2. The van der Waals surface area contributed by atoms with Gasteiger partial charge in [-0.05, 0) is 50.1 Å². The van der Waals surface area contributed by atoms with Crippen molar-refractivity contribution < 1.29 is 13.9 Å². The largest absolute Gasteiger partial charge is 0.497 e. The van der Waals surface area contributed by atoms with Gasteiger partial charge >= 0.3 is 5.63 Å². The van der Waals surface area contributed by atoms with Crippen LogP contribution < -0.4 is 15.3 Å². The number of amides is 1. The van der Waals surface area contributed by atoms with Gasteiger partial charge < -0.3 is 9.15 Å². The fourth-order valence-corrected chi connectivity index (χ4v) is 4.35. The maximum atomic E-state index is 13.2. The second kappa shape index (κ2) is 8.73. The third kappa shape index (κ3) is 4.22. The van der Waals surface area contributed by atoms with Crippen molar-refractivity contribution in [2.45, 2.75) is 26.7 Å². The van der Waals surface area contributed by atoms with E-state index in [0.717, 1.165) is 22.3 Å². The number of fused-ring (bicyclic) bond motifs is 1. The summed E-state index contributed by atoms with van der Waals surface area (Å²) in [5, 5.41) is 3.36. The van der Waals surface area contributed by atoms with Crippen LogP contribution in [-0.4, -0.2) is 18.0 Å². The minimum Gasteiger partial charge on any atom is -0.497 e. The number of thiazole rings is 1. The third-order valence-electron chi connectivity index (χ3n) is 5.15. The Morgan fingerprint density at radius 3 is 2.61 bits per heavy atom. The molecular weight excluding hydrogens is 412 g/mol. The summed E-state index contributed by atoms with van der Waals surface area (Å²) in [7, 11) is 1.56. The van der Waals surface area contributed by atoms with Crippen LogP contribution in [0.3, 0.4) is 0 Å². The van der Waals surface area contributed by atoms with E-state index < -0.39 is 5.63 Å². The van der Waals surface area contributed by atoms with Crippen molar-refractivity contribution >= 4 is 39.0 Å². The molecule has 0 aliphatic heterocycles. The van der Waals surface area contributed by atoms with Crippen molar-refractivity contribution in [2.24, 2.45) is 0 Å². The highest BCUT2D eigenvalue weighted by Crippen LogP contribution is 2.30. The average Bonchev–Trinajstić information content (AvgIpc) is 3.19. The highest BCUT2D eigenvalue weighted by atomic mass is 32.1. The number of methoxy groups -OCH3 is 1. The van der Waals surface area contributed by atoms with Crippen LogP contribution in [-0.2, 0) is 11.2 Å². The second-order valence-electron chi connectivity index (χ2n) is 7.19. The van der Waals surface area contributed by atoms with Gasteiger partial charge in [-0.3, -0.25) is 9.69 Å². The summed E-state index contributed by atoms with van der Waals surface area (Å²) in [5.74, 6) is 0.490. The molecular formula is C24H22N2O4S. The maximum absolute atomic E-state index is 13.2. The van der Waals surface area contributed by atoms with E-state index in [9.17, 15) is 9.59 Å². The van der Waals surface area contributed by atoms with Crippen LogP contribution in [0.1, 0.15) is 23.2 Å². The predicted molar refractivity (Wildman–Crippen MR) is 123 cm³/mol. The van der Waals surface area contributed by atoms with Crippen LogP contribution in [0.2, 0.25) is 0 Å². The van der Waals surface area contributed by atoms with Gasteiger partial charge in [0.05, 0.1) is 18.5 Å². The minimum absolute atomic E-state index is 0.130. The predicted octanol–water partition coefficient (Wildman–Crippen LogP) is 5.17. The summed E-state index contributed by atoms with van der Waals surface area (Å²) >= 11 is 1.42. The summed E-state index contributed by atoms with van der Waals surface area (Å²) < 4.78 is 10.7. The molecule has 0 atom stereocenters. The SMILES string of the molecule is COc1ccc2c(C)c(CCC(=O)N(c3ccccc3)c3nc(C)cs3)c(=O)oc2c1. The van der Waals surface area contributed by atoms with Crippen molar-refractivity contribution in [3.63, 3.8) is 0 Å². The minimum atomic E-state index is -0.428. The number of benzene rings is 2. The quantitative estimate of drug-likeness (QED) is 0.391. The van der Waals surface area contributed by atoms with Gasteiger partial charge in [-0.1, -0.05) is 18.2 Å². The number of aryl methyl sites for hydroxylation is 2. The Morgan fingerprint density at radius 1 is 1.16 bits per heavy atom. The van der Waals surface area contributed by atoms with E-state index >= 15 is 0 Å². The molecule has 0 aliphatic rings. The van der Waals surface area contributed by atoms with E-state index in [4.69, 9.17) is 9.15 Å². The number of para-hydroxylation sites is 1. The molecule has 0 bridgehead atoms. The Balaban J connectivity index is 1.63. The summed E-state index contributed by atoms with van der Waals surface area (Å²) in [6.07, 6.45) is 0.434. The van der Waals surface area contributed by atoms with Crippen LogP contribution in [0.5, 0.6) is 5.75 Å². The van der Waals surface area contributed by atoms with Crippen LogP contribution >= 0.6 is 11.3 Å². The maximum Gasteiger partial charge on any atom is 0.339 e. The van der Waals surface area contributed by atoms with Crippen molar-refractivity contribution in [2.75, 3.05) is 12.0 Å². The fourth-order valence-electron chi connectivity index (χ4n) is 3.52. The molecule has 0 spiro atoms. The van der Waals surface area contributed by atoms with Gasteiger partial charge in [-0.25, -0.2) is 9.78 Å². The highest BCUT2D eigenvalue weighted by molar-refractivity contribution is 7.14. The molecule has 0 radical (unpaired) electrons. The van der Waals surface area contributed by atoms with E-state index in [0.29, 0.717) is 22.0 Å². The molecule has 31 heavy (non-hydrogen) atoms. The normalized spacial score (nSPS) is 10.9. The average molecular weight is 435 g/mol. The van der Waals surface area contributed by atoms with Crippen LogP contribution in [0.4, 0.5) is 10.8 Å². The molecule has 0 saturated carbocycles. The van der Waals surface area contributed by atoms with Gasteiger partial charge in [0, 0.05) is 28.8 Å². The number of ether oxygens (including phenoxy) is 1. The van der Waals surface area contributed by atoms with E-state index in [-0.39, 0.29) is 18.7 Å². The Kier molecular flexibility index (Phi) is 5.86. The van der Waals surface area contributed by atoms with Gasteiger partial charge in [-0.2, -0.15) is 0 Å². The lowest BCUT2D eigenvalue weighted by atomic mass is 10.0. The van der Waals surface area contributed by atoms with E-state index in [1.165, 1.54) is 11.3 Å². The third-order valence-corrected chi connectivity index (χ3v) is 6.09. The topological polar surface area (TPSA) is 72.6 Å².